The molecule has 2 aliphatic rings. The van der Waals surface area contributed by atoms with Crippen molar-refractivity contribution in [3.05, 3.63) is 0 Å². The van der Waals surface area contributed by atoms with Gasteiger partial charge in [-0.1, -0.05) is 25.7 Å². The Bertz CT molecular complexity index is 513. The van der Waals surface area contributed by atoms with Crippen molar-refractivity contribution in [1.29, 1.82) is 0 Å². The fraction of sp³-hybridized carbons (Fsp3) is 0.941. The van der Waals surface area contributed by atoms with Crippen LogP contribution in [-0.2, 0) is 9.84 Å². The number of hydrogen-bond acceptors (Lipinski definition) is 4. The van der Waals surface area contributed by atoms with E-state index in [2.05, 4.69) is 20.5 Å². The molecule has 2 fully saturated rings. The van der Waals surface area contributed by atoms with Gasteiger partial charge in [0.15, 0.2) is 5.96 Å². The summed E-state index contributed by atoms with van der Waals surface area (Å²) in [6.45, 7) is 3.71. The average molecular weight is 486 g/mol. The van der Waals surface area contributed by atoms with Crippen LogP contribution in [0.4, 0.5) is 0 Å². The quantitative estimate of drug-likeness (QED) is 0.342. The van der Waals surface area contributed by atoms with Crippen LogP contribution in [0.5, 0.6) is 0 Å². The van der Waals surface area contributed by atoms with E-state index in [1.807, 2.05) is 0 Å². The first-order valence-electron chi connectivity index (χ1n) is 9.32. The zero-order valence-corrected chi connectivity index (χ0v) is 18.9. The molecule has 0 bridgehead atoms. The summed E-state index contributed by atoms with van der Waals surface area (Å²) < 4.78 is 22.5. The van der Waals surface area contributed by atoms with Crippen LogP contribution >= 0.6 is 24.0 Å². The van der Waals surface area contributed by atoms with Gasteiger partial charge in [-0.3, -0.25) is 9.89 Å². The van der Waals surface area contributed by atoms with Crippen LogP contribution in [0.25, 0.3) is 0 Å². The summed E-state index contributed by atoms with van der Waals surface area (Å²) >= 11 is 0. The largest absolute Gasteiger partial charge is 0.355 e. The number of piperidine rings is 1. The number of nitrogens with one attached hydrogen (secondary N) is 2. The van der Waals surface area contributed by atoms with E-state index < -0.39 is 9.84 Å². The molecule has 25 heavy (non-hydrogen) atoms. The molecule has 0 aromatic carbocycles. The zero-order valence-electron chi connectivity index (χ0n) is 15.7. The molecule has 1 aliphatic heterocycles. The lowest BCUT2D eigenvalue weighted by Crippen LogP contribution is -2.59. The third-order valence-electron chi connectivity index (χ3n) is 5.38. The molecule has 0 spiro atoms. The highest BCUT2D eigenvalue weighted by molar-refractivity contribution is 14.0. The lowest BCUT2D eigenvalue weighted by molar-refractivity contribution is 0.0368. The number of nitrogens with zero attached hydrogens (tertiary/aromatic N) is 2. The second kappa shape index (κ2) is 10.9. The van der Waals surface area contributed by atoms with Crippen LogP contribution in [0.1, 0.15) is 51.4 Å². The van der Waals surface area contributed by atoms with E-state index in [1.165, 1.54) is 70.7 Å². The number of guanidine groups is 1. The number of halogens is 1. The van der Waals surface area contributed by atoms with Gasteiger partial charge in [0.25, 0.3) is 0 Å². The highest BCUT2D eigenvalue weighted by atomic mass is 127. The minimum absolute atomic E-state index is 0. The van der Waals surface area contributed by atoms with Crippen LogP contribution in [0.2, 0.25) is 0 Å². The summed E-state index contributed by atoms with van der Waals surface area (Å²) in [6, 6.07) is 0. The Morgan fingerprint density at radius 2 is 1.64 bits per heavy atom. The molecule has 0 unspecified atom stereocenters. The van der Waals surface area contributed by atoms with E-state index in [9.17, 15) is 8.42 Å². The van der Waals surface area contributed by atoms with Crippen molar-refractivity contribution >= 4 is 39.8 Å². The molecule has 0 atom stereocenters. The van der Waals surface area contributed by atoms with Crippen LogP contribution in [-0.4, -0.2) is 70.1 Å². The Balaban J connectivity index is 0.00000312. The lowest BCUT2D eigenvalue weighted by atomic mass is 9.79. The molecule has 6 nitrogen and oxygen atoms in total. The fourth-order valence-electron chi connectivity index (χ4n) is 4.01. The molecule has 1 saturated carbocycles. The van der Waals surface area contributed by atoms with E-state index in [1.54, 1.807) is 7.05 Å². The van der Waals surface area contributed by atoms with Gasteiger partial charge < -0.3 is 10.6 Å². The Kier molecular flexibility index (Phi) is 10.0. The normalized spacial score (nSPS) is 22.1. The van der Waals surface area contributed by atoms with Crippen LogP contribution in [0, 0.1) is 0 Å². The van der Waals surface area contributed by atoms with E-state index in [-0.39, 0.29) is 35.3 Å². The molecule has 8 heteroatoms. The van der Waals surface area contributed by atoms with Gasteiger partial charge in [-0.15, -0.1) is 24.0 Å². The molecule has 0 amide bonds. The van der Waals surface area contributed by atoms with Crippen molar-refractivity contribution in [2.75, 3.05) is 45.2 Å². The van der Waals surface area contributed by atoms with Crippen molar-refractivity contribution < 1.29 is 8.42 Å². The van der Waals surface area contributed by atoms with Crippen molar-refractivity contribution in [3.63, 3.8) is 0 Å². The number of hydrogen-bond donors (Lipinski definition) is 2. The molecule has 148 valence electrons. The maximum Gasteiger partial charge on any atom is 0.191 e. The van der Waals surface area contributed by atoms with E-state index >= 15 is 0 Å². The molecule has 0 aromatic heterocycles. The second-order valence-electron chi connectivity index (χ2n) is 7.32. The predicted molar refractivity (Wildman–Crippen MR) is 116 cm³/mol. The van der Waals surface area contributed by atoms with Gasteiger partial charge in [-0.2, -0.15) is 0 Å². The molecule has 0 radical (unpaired) electrons. The number of sulfone groups is 1. The number of rotatable bonds is 6. The number of aliphatic imine (C=N–C) groups is 1. The molecule has 2 N–H and O–H groups in total. The summed E-state index contributed by atoms with van der Waals surface area (Å²) in [5.41, 5.74) is 0.243. The predicted octanol–water partition coefficient (Wildman–Crippen LogP) is 2.00. The Morgan fingerprint density at radius 3 is 2.20 bits per heavy atom. The Labute approximate surface area is 170 Å². The maximum absolute atomic E-state index is 11.3. The van der Waals surface area contributed by atoms with Gasteiger partial charge in [-0.05, 0) is 38.8 Å². The highest BCUT2D eigenvalue weighted by Gasteiger charge is 2.38. The third kappa shape index (κ3) is 7.58. The van der Waals surface area contributed by atoms with Crippen molar-refractivity contribution in [3.8, 4) is 0 Å². The van der Waals surface area contributed by atoms with Gasteiger partial charge in [0, 0.05) is 31.9 Å². The standard InChI is InChI=1S/C17H34N4O2S.HI/c1-18-16(19-11-14-24(2,22)23)20-15-17(9-5-3-6-10-17)21-12-7-4-8-13-21;/h3-15H2,1-2H3,(H2,18,19,20);1H. The first kappa shape index (κ1) is 23.0. The first-order chi connectivity index (χ1) is 11.5. The summed E-state index contributed by atoms with van der Waals surface area (Å²) in [6.07, 6.45) is 11.7. The summed E-state index contributed by atoms with van der Waals surface area (Å²) in [7, 11) is -1.21. The molecule has 1 saturated heterocycles. The van der Waals surface area contributed by atoms with Crippen molar-refractivity contribution in [2.45, 2.75) is 56.9 Å². The molecule has 1 aliphatic carbocycles. The number of likely N-dealkylation sites (tertiary alicyclic amines) is 1. The maximum atomic E-state index is 11.3. The Morgan fingerprint density at radius 1 is 1.04 bits per heavy atom. The van der Waals surface area contributed by atoms with Gasteiger partial charge in [0.05, 0.1) is 5.75 Å². The van der Waals surface area contributed by atoms with Crippen LogP contribution in [0.3, 0.4) is 0 Å². The third-order valence-corrected chi connectivity index (χ3v) is 6.33. The fourth-order valence-corrected chi connectivity index (χ4v) is 4.48. The zero-order chi connectivity index (χ0) is 17.5. The monoisotopic (exact) mass is 486 g/mol. The molecular weight excluding hydrogens is 451 g/mol. The van der Waals surface area contributed by atoms with Gasteiger partial charge in [-0.25, -0.2) is 8.42 Å². The van der Waals surface area contributed by atoms with Crippen LogP contribution in [0.15, 0.2) is 4.99 Å². The van der Waals surface area contributed by atoms with E-state index in [4.69, 9.17) is 0 Å². The minimum atomic E-state index is -2.95. The molecule has 0 aromatic rings. The van der Waals surface area contributed by atoms with E-state index in [0.717, 1.165) is 6.54 Å². The van der Waals surface area contributed by atoms with Gasteiger partial charge >= 0.3 is 0 Å². The smallest absolute Gasteiger partial charge is 0.191 e. The molecule has 1 heterocycles. The summed E-state index contributed by atoms with van der Waals surface area (Å²) in [4.78, 5) is 6.95. The van der Waals surface area contributed by atoms with E-state index in [0.29, 0.717) is 12.5 Å². The Hall–Kier alpha value is -0.0900. The van der Waals surface area contributed by atoms with Gasteiger partial charge in [0.1, 0.15) is 9.84 Å². The van der Waals surface area contributed by atoms with Crippen molar-refractivity contribution in [1.82, 2.24) is 15.5 Å². The molecule has 2 rings (SSSR count). The van der Waals surface area contributed by atoms with Crippen molar-refractivity contribution in [2.24, 2.45) is 4.99 Å². The second-order valence-corrected chi connectivity index (χ2v) is 9.57. The molecular formula is C17H35IN4O2S. The topological polar surface area (TPSA) is 73.8 Å². The first-order valence-corrected chi connectivity index (χ1v) is 11.4. The highest BCUT2D eigenvalue weighted by Crippen LogP contribution is 2.35. The summed E-state index contributed by atoms with van der Waals surface area (Å²) in [5, 5.41) is 6.59. The summed E-state index contributed by atoms with van der Waals surface area (Å²) in [5.74, 6) is 0.839. The van der Waals surface area contributed by atoms with Crippen LogP contribution < -0.4 is 10.6 Å². The minimum Gasteiger partial charge on any atom is -0.355 e. The average Bonchev–Trinajstić information content (AvgIpc) is 2.58. The van der Waals surface area contributed by atoms with Gasteiger partial charge in [0.2, 0.25) is 0 Å². The lowest BCUT2D eigenvalue weighted by Gasteiger charge is -2.48. The SMILES string of the molecule is CN=C(NCCS(C)(=O)=O)NCC1(N2CCCCC2)CCCCC1.I.